The maximum atomic E-state index is 11.0. The molecule has 6 nitrogen and oxygen atoms in total. The largest absolute Gasteiger partial charge is 0.366 e. The Labute approximate surface area is 129 Å². The fourth-order valence-corrected chi connectivity index (χ4v) is 2.96. The summed E-state index contributed by atoms with van der Waals surface area (Å²) in [5.41, 5.74) is 7.05. The number of rotatable bonds is 5. The number of aromatic amines is 1. The summed E-state index contributed by atoms with van der Waals surface area (Å²) >= 11 is 0. The van der Waals surface area contributed by atoms with E-state index in [1.807, 2.05) is 12.1 Å². The molecular weight excluding hydrogens is 278 g/mol. The van der Waals surface area contributed by atoms with Crippen LogP contribution < -0.4 is 5.73 Å². The quantitative estimate of drug-likeness (QED) is 0.871. The molecule has 1 fully saturated rings. The summed E-state index contributed by atoms with van der Waals surface area (Å²) in [4.78, 5) is 17.8. The molecule has 2 heterocycles. The van der Waals surface area contributed by atoms with Gasteiger partial charge >= 0.3 is 0 Å². The SMILES string of the molecule is NC(=O)c1ccc(CCN2CCC(c3ncn[nH]3)CC2)cc1. The molecule has 0 saturated carbocycles. The number of benzene rings is 1. The third-order valence-corrected chi connectivity index (χ3v) is 4.36. The fourth-order valence-electron chi connectivity index (χ4n) is 2.96. The zero-order valence-electron chi connectivity index (χ0n) is 12.5. The molecule has 2 aromatic rings. The first-order valence-corrected chi connectivity index (χ1v) is 7.69. The van der Waals surface area contributed by atoms with E-state index in [4.69, 9.17) is 5.73 Å². The van der Waals surface area contributed by atoms with Gasteiger partial charge in [-0.25, -0.2) is 4.98 Å². The number of H-pyrrole nitrogens is 1. The number of nitrogens with two attached hydrogens (primary N) is 1. The minimum atomic E-state index is -0.374. The molecule has 3 N–H and O–H groups in total. The highest BCUT2D eigenvalue weighted by atomic mass is 16.1. The molecule has 0 radical (unpaired) electrons. The number of piperidine rings is 1. The molecule has 1 aromatic carbocycles. The van der Waals surface area contributed by atoms with Gasteiger partial charge in [0.05, 0.1) is 0 Å². The second-order valence-electron chi connectivity index (χ2n) is 5.80. The van der Waals surface area contributed by atoms with Crippen LogP contribution >= 0.6 is 0 Å². The summed E-state index contributed by atoms with van der Waals surface area (Å²) in [7, 11) is 0. The van der Waals surface area contributed by atoms with E-state index < -0.39 is 0 Å². The van der Waals surface area contributed by atoms with E-state index in [0.29, 0.717) is 11.5 Å². The van der Waals surface area contributed by atoms with E-state index in [2.05, 4.69) is 20.1 Å². The van der Waals surface area contributed by atoms with Crippen molar-refractivity contribution in [1.82, 2.24) is 20.1 Å². The molecule has 116 valence electrons. The summed E-state index contributed by atoms with van der Waals surface area (Å²) in [5, 5.41) is 6.91. The number of aromatic nitrogens is 3. The highest BCUT2D eigenvalue weighted by Gasteiger charge is 2.22. The lowest BCUT2D eigenvalue weighted by molar-refractivity contribution is 0.100. The van der Waals surface area contributed by atoms with Crippen molar-refractivity contribution < 1.29 is 4.79 Å². The molecule has 1 amide bonds. The smallest absolute Gasteiger partial charge is 0.248 e. The van der Waals surface area contributed by atoms with Crippen molar-refractivity contribution in [3.63, 3.8) is 0 Å². The van der Waals surface area contributed by atoms with Crippen LogP contribution in [0.15, 0.2) is 30.6 Å². The molecule has 6 heteroatoms. The Hall–Kier alpha value is -2.21. The van der Waals surface area contributed by atoms with Gasteiger partial charge in [-0.3, -0.25) is 9.89 Å². The summed E-state index contributed by atoms with van der Waals surface area (Å²) in [6.07, 6.45) is 4.81. The lowest BCUT2D eigenvalue weighted by atomic mass is 9.96. The van der Waals surface area contributed by atoms with Crippen molar-refractivity contribution in [1.29, 1.82) is 0 Å². The standard InChI is InChI=1S/C16H21N5O/c17-15(22)13-3-1-12(2-4-13)5-8-21-9-6-14(7-10-21)16-18-11-19-20-16/h1-4,11,14H,5-10H2,(H2,17,22)(H,18,19,20). The highest BCUT2D eigenvalue weighted by Crippen LogP contribution is 2.24. The number of likely N-dealkylation sites (tertiary alicyclic amines) is 1. The Morgan fingerprint density at radius 3 is 2.59 bits per heavy atom. The van der Waals surface area contributed by atoms with E-state index in [-0.39, 0.29) is 5.91 Å². The Balaban J connectivity index is 1.46. The summed E-state index contributed by atoms with van der Waals surface area (Å²) in [6, 6.07) is 7.57. The molecule has 1 aliphatic rings. The van der Waals surface area contributed by atoms with Gasteiger partial charge in [0.25, 0.3) is 0 Å². The molecule has 0 unspecified atom stereocenters. The van der Waals surface area contributed by atoms with Gasteiger partial charge in [-0.15, -0.1) is 0 Å². The van der Waals surface area contributed by atoms with Crippen molar-refractivity contribution in [3.8, 4) is 0 Å². The van der Waals surface area contributed by atoms with Crippen LogP contribution in [0.5, 0.6) is 0 Å². The second kappa shape index (κ2) is 6.70. The number of carbonyl (C=O) groups excluding carboxylic acids is 1. The Kier molecular flexibility index (Phi) is 4.48. The third kappa shape index (κ3) is 3.51. The van der Waals surface area contributed by atoms with Gasteiger partial charge < -0.3 is 10.6 Å². The monoisotopic (exact) mass is 299 g/mol. The Bertz CT molecular complexity index is 600. The van der Waals surface area contributed by atoms with Crippen LogP contribution in [0, 0.1) is 0 Å². The molecule has 1 saturated heterocycles. The highest BCUT2D eigenvalue weighted by molar-refractivity contribution is 5.92. The van der Waals surface area contributed by atoms with E-state index in [1.54, 1.807) is 18.5 Å². The van der Waals surface area contributed by atoms with Crippen molar-refractivity contribution in [2.75, 3.05) is 19.6 Å². The van der Waals surface area contributed by atoms with Crippen molar-refractivity contribution in [3.05, 3.63) is 47.5 Å². The molecule has 3 rings (SSSR count). The van der Waals surface area contributed by atoms with Gasteiger partial charge in [-0.1, -0.05) is 12.1 Å². The minimum absolute atomic E-state index is 0.374. The van der Waals surface area contributed by atoms with Crippen molar-refractivity contribution in [2.24, 2.45) is 5.73 Å². The zero-order valence-corrected chi connectivity index (χ0v) is 12.5. The topological polar surface area (TPSA) is 87.9 Å². The maximum absolute atomic E-state index is 11.0. The number of primary amides is 1. The third-order valence-electron chi connectivity index (χ3n) is 4.36. The van der Waals surface area contributed by atoms with Crippen LogP contribution in [-0.2, 0) is 6.42 Å². The second-order valence-corrected chi connectivity index (χ2v) is 5.80. The number of nitrogens with one attached hydrogen (secondary N) is 1. The van der Waals surface area contributed by atoms with Gasteiger partial charge in [0, 0.05) is 18.0 Å². The van der Waals surface area contributed by atoms with Gasteiger partial charge in [-0.05, 0) is 50.0 Å². The van der Waals surface area contributed by atoms with E-state index >= 15 is 0 Å². The zero-order chi connectivity index (χ0) is 15.4. The normalized spacial score (nSPS) is 16.7. The van der Waals surface area contributed by atoms with Crippen molar-refractivity contribution >= 4 is 5.91 Å². The molecule has 0 bridgehead atoms. The van der Waals surface area contributed by atoms with Crippen LogP contribution in [0.1, 0.15) is 40.5 Å². The van der Waals surface area contributed by atoms with E-state index in [1.165, 1.54) is 5.56 Å². The molecule has 0 spiro atoms. The Morgan fingerprint density at radius 1 is 1.27 bits per heavy atom. The van der Waals surface area contributed by atoms with Crippen LogP contribution in [0.3, 0.4) is 0 Å². The van der Waals surface area contributed by atoms with E-state index in [0.717, 1.165) is 44.7 Å². The average molecular weight is 299 g/mol. The molecule has 0 aliphatic carbocycles. The van der Waals surface area contributed by atoms with Crippen LogP contribution in [-0.4, -0.2) is 45.6 Å². The maximum Gasteiger partial charge on any atom is 0.248 e. The van der Waals surface area contributed by atoms with Crippen LogP contribution in [0.25, 0.3) is 0 Å². The number of hydrogen-bond acceptors (Lipinski definition) is 4. The van der Waals surface area contributed by atoms with Crippen LogP contribution in [0.2, 0.25) is 0 Å². The molecule has 22 heavy (non-hydrogen) atoms. The van der Waals surface area contributed by atoms with Crippen molar-refractivity contribution in [2.45, 2.75) is 25.2 Å². The molecular formula is C16H21N5O. The summed E-state index contributed by atoms with van der Waals surface area (Å²) < 4.78 is 0. The molecule has 1 aliphatic heterocycles. The van der Waals surface area contributed by atoms with Gasteiger partial charge in [0.1, 0.15) is 12.2 Å². The number of hydrogen-bond donors (Lipinski definition) is 2. The first kappa shape index (κ1) is 14.7. The van der Waals surface area contributed by atoms with Crippen LogP contribution in [0.4, 0.5) is 0 Å². The Morgan fingerprint density at radius 2 is 2.00 bits per heavy atom. The minimum Gasteiger partial charge on any atom is -0.366 e. The van der Waals surface area contributed by atoms with Gasteiger partial charge in [0.15, 0.2) is 0 Å². The fraction of sp³-hybridized carbons (Fsp3) is 0.438. The number of nitrogens with zero attached hydrogens (tertiary/aromatic N) is 3. The molecule has 1 aromatic heterocycles. The lowest BCUT2D eigenvalue weighted by Crippen LogP contribution is -2.34. The van der Waals surface area contributed by atoms with Gasteiger partial charge in [0.2, 0.25) is 5.91 Å². The molecule has 0 atom stereocenters. The first-order valence-electron chi connectivity index (χ1n) is 7.69. The first-order chi connectivity index (χ1) is 10.7. The number of carbonyl (C=O) groups is 1. The number of amides is 1. The lowest BCUT2D eigenvalue weighted by Gasteiger charge is -2.30. The van der Waals surface area contributed by atoms with E-state index in [9.17, 15) is 4.79 Å². The summed E-state index contributed by atoms with van der Waals surface area (Å²) in [5.74, 6) is 1.15. The average Bonchev–Trinajstić information content (AvgIpc) is 3.08. The predicted octanol–water partition coefficient (Wildman–Crippen LogP) is 1.33. The summed E-state index contributed by atoms with van der Waals surface area (Å²) in [6.45, 7) is 3.22. The predicted molar refractivity (Wildman–Crippen MR) is 83.5 cm³/mol. The van der Waals surface area contributed by atoms with Gasteiger partial charge in [-0.2, -0.15) is 5.10 Å².